The van der Waals surface area contributed by atoms with E-state index >= 15 is 0 Å². The number of aliphatic hydroxyl groups is 4. The number of fused-ring (bicyclic) bond motifs is 6. The maximum atomic E-state index is 13.6. The fourth-order valence-corrected chi connectivity index (χ4v) is 9.28. The van der Waals surface area contributed by atoms with Gasteiger partial charge in [-0.1, -0.05) is 13.8 Å². The summed E-state index contributed by atoms with van der Waals surface area (Å²) < 4.78 is 12.4. The van der Waals surface area contributed by atoms with Crippen LogP contribution in [0.4, 0.5) is 0 Å². The van der Waals surface area contributed by atoms with Gasteiger partial charge in [-0.3, -0.25) is 4.79 Å². The number of ketones is 1. The normalized spacial score (nSPS) is 47.3. The van der Waals surface area contributed by atoms with Crippen LogP contribution in [0.2, 0.25) is 0 Å². The number of rotatable bonds is 5. The van der Waals surface area contributed by atoms with Gasteiger partial charge in [0, 0.05) is 11.3 Å². The summed E-state index contributed by atoms with van der Waals surface area (Å²) >= 11 is 0. The number of carbonyl (C=O) groups excluding carboxylic acids is 1. The fraction of sp³-hybridized carbons (Fsp3) is 0.900. The smallest absolute Gasteiger partial charge is 0.163 e. The molecule has 0 amide bonds. The Morgan fingerprint density at radius 1 is 1.03 bits per heavy atom. The van der Waals surface area contributed by atoms with E-state index in [2.05, 4.69) is 6.92 Å². The fourth-order valence-electron chi connectivity index (χ4n) is 9.28. The lowest BCUT2D eigenvalue weighted by Gasteiger charge is -2.60. The van der Waals surface area contributed by atoms with Crippen molar-refractivity contribution in [1.82, 2.24) is 0 Å². The van der Waals surface area contributed by atoms with Gasteiger partial charge in [-0.05, 0) is 115 Å². The minimum atomic E-state index is -1.43. The minimum absolute atomic E-state index is 0.0605. The predicted molar refractivity (Wildman–Crippen MR) is 138 cm³/mol. The summed E-state index contributed by atoms with van der Waals surface area (Å²) in [5.74, 6) is -1.02. The molecule has 4 fully saturated rings. The van der Waals surface area contributed by atoms with Crippen molar-refractivity contribution in [3.8, 4) is 0 Å². The van der Waals surface area contributed by atoms with Gasteiger partial charge in [-0.2, -0.15) is 0 Å². The lowest BCUT2D eigenvalue weighted by molar-refractivity contribution is -0.174. The van der Waals surface area contributed by atoms with Crippen LogP contribution in [-0.4, -0.2) is 67.1 Å². The molecule has 37 heavy (non-hydrogen) atoms. The Kier molecular flexibility index (Phi) is 6.25. The molecule has 5 unspecified atom stereocenters. The first kappa shape index (κ1) is 27.7. The molecule has 1 heterocycles. The van der Waals surface area contributed by atoms with E-state index in [4.69, 9.17) is 9.47 Å². The molecule has 5 aliphatic rings. The van der Waals surface area contributed by atoms with E-state index in [9.17, 15) is 25.2 Å². The van der Waals surface area contributed by atoms with Gasteiger partial charge in [-0.25, -0.2) is 0 Å². The second-order valence-corrected chi connectivity index (χ2v) is 14.8. The third-order valence-electron chi connectivity index (χ3n) is 11.4. The highest BCUT2D eigenvalue weighted by molar-refractivity contribution is 5.95. The molecule has 4 N–H and O–H groups in total. The van der Waals surface area contributed by atoms with E-state index in [-0.39, 0.29) is 47.6 Å². The first-order valence-electron chi connectivity index (χ1n) is 14.3. The summed E-state index contributed by atoms with van der Waals surface area (Å²) in [6.45, 7) is 13.2. The van der Waals surface area contributed by atoms with Crippen LogP contribution in [-0.2, 0) is 14.3 Å². The molecular weight excluding hydrogens is 472 g/mol. The Labute approximate surface area is 221 Å². The van der Waals surface area contributed by atoms with Gasteiger partial charge in [0.15, 0.2) is 11.6 Å². The third kappa shape index (κ3) is 4.10. The first-order valence-corrected chi connectivity index (χ1v) is 14.3. The Morgan fingerprint density at radius 2 is 1.68 bits per heavy atom. The van der Waals surface area contributed by atoms with Gasteiger partial charge in [-0.15, -0.1) is 0 Å². The van der Waals surface area contributed by atoms with E-state index in [1.807, 2.05) is 20.8 Å². The summed E-state index contributed by atoms with van der Waals surface area (Å²) in [6, 6.07) is 0. The van der Waals surface area contributed by atoms with E-state index in [0.29, 0.717) is 32.1 Å². The highest BCUT2D eigenvalue weighted by Crippen LogP contribution is 2.69. The molecular formula is C30H48O7. The molecule has 0 aromatic heterocycles. The van der Waals surface area contributed by atoms with Crippen molar-refractivity contribution in [3.05, 3.63) is 11.6 Å². The molecule has 1 saturated heterocycles. The number of carbonyl (C=O) groups is 1. The molecule has 3 saturated carbocycles. The van der Waals surface area contributed by atoms with Gasteiger partial charge in [0.05, 0.1) is 35.1 Å². The second-order valence-electron chi connectivity index (χ2n) is 14.8. The number of aliphatic hydroxyl groups excluding tert-OH is 1. The monoisotopic (exact) mass is 520 g/mol. The van der Waals surface area contributed by atoms with Crippen molar-refractivity contribution in [1.29, 1.82) is 0 Å². The Bertz CT molecular complexity index is 979. The zero-order valence-corrected chi connectivity index (χ0v) is 23.7. The zero-order chi connectivity index (χ0) is 27.4. The molecule has 7 heteroatoms. The van der Waals surface area contributed by atoms with E-state index in [0.717, 1.165) is 18.4 Å². The molecule has 1 aliphatic heterocycles. The van der Waals surface area contributed by atoms with Gasteiger partial charge < -0.3 is 29.9 Å². The summed E-state index contributed by atoms with van der Waals surface area (Å²) in [4.78, 5) is 13.6. The molecule has 0 bridgehead atoms. The Hall–Kier alpha value is -0.830. The maximum Gasteiger partial charge on any atom is 0.163 e. The standard InChI is InChI=1S/C30H48O7/c1-25(2,33)11-10-24(32)29(7,34)23-9-13-30(35)18-14-20(31)19-15-21-22(37-26(3,4)36-21)16-27(19,5)17(18)8-12-28(23,30)6/h14,17,19,21-24,32-35H,8-13,15-16H2,1-7H3/t17?,19?,21-,22+,23?,24-,27?,28?,29-,30-/m1/s1. The predicted octanol–water partition coefficient (Wildman–Crippen LogP) is 3.65. The van der Waals surface area contributed by atoms with Crippen LogP contribution in [0.25, 0.3) is 0 Å². The SMILES string of the molecule is CC(C)(O)CC[C@@H](O)[C@](C)(O)C1CC[C@@]2(O)C3=CC(=O)C4C[C@H]5OC(C)(C)O[C@H]5CC4(C)C3CCC12C. The summed E-state index contributed by atoms with van der Waals surface area (Å²) in [5.41, 5.74) is -3.75. The first-order chi connectivity index (χ1) is 16.8. The maximum absolute atomic E-state index is 13.6. The largest absolute Gasteiger partial charge is 0.390 e. The van der Waals surface area contributed by atoms with Crippen LogP contribution in [0.15, 0.2) is 11.6 Å². The highest BCUT2D eigenvalue weighted by atomic mass is 16.7. The van der Waals surface area contributed by atoms with Gasteiger partial charge in [0.25, 0.3) is 0 Å². The van der Waals surface area contributed by atoms with Crippen molar-refractivity contribution < 1.29 is 34.7 Å². The van der Waals surface area contributed by atoms with Crippen LogP contribution in [0.1, 0.15) is 99.8 Å². The van der Waals surface area contributed by atoms with E-state index in [1.165, 1.54) is 0 Å². The van der Waals surface area contributed by atoms with Crippen LogP contribution >= 0.6 is 0 Å². The summed E-state index contributed by atoms with van der Waals surface area (Å²) in [5, 5.41) is 45.3. The second kappa shape index (κ2) is 8.34. The quantitative estimate of drug-likeness (QED) is 0.437. The number of ether oxygens (including phenoxy) is 2. The van der Waals surface area contributed by atoms with Crippen LogP contribution in [0.5, 0.6) is 0 Å². The molecule has 210 valence electrons. The third-order valence-corrected chi connectivity index (χ3v) is 11.4. The molecule has 0 aromatic rings. The molecule has 4 aliphatic carbocycles. The van der Waals surface area contributed by atoms with Crippen LogP contribution in [0.3, 0.4) is 0 Å². The van der Waals surface area contributed by atoms with Gasteiger partial charge in [0.1, 0.15) is 0 Å². The van der Waals surface area contributed by atoms with Gasteiger partial charge >= 0.3 is 0 Å². The number of hydrogen-bond acceptors (Lipinski definition) is 7. The highest BCUT2D eigenvalue weighted by Gasteiger charge is 2.69. The lowest BCUT2D eigenvalue weighted by atomic mass is 9.45. The summed E-state index contributed by atoms with van der Waals surface area (Å²) in [7, 11) is 0. The summed E-state index contributed by atoms with van der Waals surface area (Å²) in [6.07, 6.45) is 5.11. The molecule has 0 spiro atoms. The molecule has 0 aromatic carbocycles. The molecule has 5 rings (SSSR count). The van der Waals surface area contributed by atoms with Crippen molar-refractivity contribution in [2.24, 2.45) is 28.6 Å². The van der Waals surface area contributed by atoms with Crippen molar-refractivity contribution in [2.45, 2.75) is 141 Å². The van der Waals surface area contributed by atoms with Crippen LogP contribution in [0, 0.1) is 28.6 Å². The number of hydrogen-bond donors (Lipinski definition) is 4. The van der Waals surface area contributed by atoms with E-state index < -0.39 is 34.1 Å². The van der Waals surface area contributed by atoms with Gasteiger partial charge in [0.2, 0.25) is 0 Å². The van der Waals surface area contributed by atoms with Crippen LogP contribution < -0.4 is 0 Å². The number of allylic oxidation sites excluding steroid dienone is 1. The zero-order valence-electron chi connectivity index (χ0n) is 23.7. The molecule has 10 atom stereocenters. The van der Waals surface area contributed by atoms with Crippen molar-refractivity contribution in [2.75, 3.05) is 0 Å². The molecule has 0 radical (unpaired) electrons. The minimum Gasteiger partial charge on any atom is -0.390 e. The van der Waals surface area contributed by atoms with E-state index in [1.54, 1.807) is 26.8 Å². The Morgan fingerprint density at radius 3 is 2.32 bits per heavy atom. The Balaban J connectivity index is 1.44. The average molecular weight is 521 g/mol. The van der Waals surface area contributed by atoms with Crippen molar-refractivity contribution >= 4 is 5.78 Å². The van der Waals surface area contributed by atoms with Crippen molar-refractivity contribution in [3.63, 3.8) is 0 Å². The molecule has 7 nitrogen and oxygen atoms in total. The topological polar surface area (TPSA) is 116 Å². The lowest BCUT2D eigenvalue weighted by Crippen LogP contribution is -2.62. The average Bonchev–Trinajstić information content (AvgIpc) is 3.21.